The second-order valence-corrected chi connectivity index (χ2v) is 8.58. The van der Waals surface area contributed by atoms with E-state index in [-0.39, 0.29) is 23.3 Å². The number of likely N-dealkylation sites (tertiary alicyclic amines) is 1. The second-order valence-electron chi connectivity index (χ2n) is 8.58. The smallest absolute Gasteiger partial charge is 0.313 e. The Bertz CT molecular complexity index is 1100. The summed E-state index contributed by atoms with van der Waals surface area (Å²) in [7, 11) is 0. The third kappa shape index (κ3) is 5.41. The maximum Gasteiger partial charge on any atom is 0.313 e. The summed E-state index contributed by atoms with van der Waals surface area (Å²) in [6, 6.07) is 12.8. The molecule has 178 valence electrons. The van der Waals surface area contributed by atoms with E-state index in [0.717, 1.165) is 6.42 Å². The van der Waals surface area contributed by atoms with Crippen molar-refractivity contribution in [2.75, 3.05) is 36.4 Å². The van der Waals surface area contributed by atoms with Gasteiger partial charge in [-0.25, -0.2) is 4.39 Å². The molecule has 0 bridgehead atoms. The summed E-state index contributed by atoms with van der Waals surface area (Å²) in [5.74, 6) is -2.23. The lowest BCUT2D eigenvalue weighted by atomic mass is 9.96. The van der Waals surface area contributed by atoms with E-state index in [2.05, 4.69) is 10.6 Å². The van der Waals surface area contributed by atoms with Crippen molar-refractivity contribution < 1.29 is 23.6 Å². The number of nitrogens with zero attached hydrogens (tertiary/aromatic N) is 2. The topological polar surface area (TPSA) is 98.8 Å². The van der Waals surface area contributed by atoms with E-state index in [1.54, 1.807) is 46.2 Å². The molecule has 0 radical (unpaired) electrons. The molecule has 2 aromatic rings. The average Bonchev–Trinajstić information content (AvgIpc) is 3.28. The Balaban J connectivity index is 1.23. The van der Waals surface area contributed by atoms with E-state index >= 15 is 0 Å². The SMILES string of the molecule is O=C(NCC1CCN(C(=O)c2ccccc2F)CC1)C(=O)Nc1cccc(N2CCCC2=O)c1. The summed E-state index contributed by atoms with van der Waals surface area (Å²) < 4.78 is 13.9. The Labute approximate surface area is 197 Å². The molecule has 4 rings (SSSR count). The molecular weight excluding hydrogens is 439 g/mol. The molecule has 2 N–H and O–H groups in total. The number of hydrogen-bond donors (Lipinski definition) is 2. The highest BCUT2D eigenvalue weighted by Crippen LogP contribution is 2.24. The molecular formula is C25H27FN4O4. The summed E-state index contributed by atoms with van der Waals surface area (Å²) in [6.45, 7) is 1.88. The van der Waals surface area contributed by atoms with Gasteiger partial charge in [-0.3, -0.25) is 19.2 Å². The number of nitrogens with one attached hydrogen (secondary N) is 2. The van der Waals surface area contributed by atoms with Crippen molar-refractivity contribution in [3.63, 3.8) is 0 Å². The fourth-order valence-electron chi connectivity index (χ4n) is 4.32. The summed E-state index contributed by atoms with van der Waals surface area (Å²) >= 11 is 0. The lowest BCUT2D eigenvalue weighted by molar-refractivity contribution is -0.136. The fraction of sp³-hybridized carbons (Fsp3) is 0.360. The highest BCUT2D eigenvalue weighted by molar-refractivity contribution is 6.39. The minimum absolute atomic E-state index is 0.0443. The molecule has 2 saturated heterocycles. The van der Waals surface area contributed by atoms with Gasteiger partial charge in [0.1, 0.15) is 5.82 Å². The zero-order valence-corrected chi connectivity index (χ0v) is 18.8. The molecule has 34 heavy (non-hydrogen) atoms. The van der Waals surface area contributed by atoms with Gasteiger partial charge in [-0.05, 0) is 55.5 Å². The monoisotopic (exact) mass is 466 g/mol. The zero-order chi connectivity index (χ0) is 24.1. The molecule has 0 atom stereocenters. The number of halogens is 1. The van der Waals surface area contributed by atoms with Crippen molar-refractivity contribution in [1.82, 2.24) is 10.2 Å². The molecule has 8 nitrogen and oxygen atoms in total. The van der Waals surface area contributed by atoms with Gasteiger partial charge in [-0.2, -0.15) is 0 Å². The van der Waals surface area contributed by atoms with Gasteiger partial charge >= 0.3 is 11.8 Å². The van der Waals surface area contributed by atoms with Crippen molar-refractivity contribution in [3.8, 4) is 0 Å². The number of carbonyl (C=O) groups is 4. The van der Waals surface area contributed by atoms with Gasteiger partial charge in [0, 0.05) is 44.0 Å². The molecule has 0 unspecified atom stereocenters. The fourth-order valence-corrected chi connectivity index (χ4v) is 4.32. The Kier molecular flexibility index (Phi) is 7.20. The molecule has 2 aliphatic rings. The van der Waals surface area contributed by atoms with Crippen LogP contribution in [-0.4, -0.2) is 54.7 Å². The molecule has 9 heteroatoms. The van der Waals surface area contributed by atoms with E-state index in [4.69, 9.17) is 0 Å². The summed E-state index contributed by atoms with van der Waals surface area (Å²) in [5.41, 5.74) is 1.19. The molecule has 2 heterocycles. The van der Waals surface area contributed by atoms with Gasteiger partial charge < -0.3 is 20.4 Å². The molecule has 0 aliphatic carbocycles. The van der Waals surface area contributed by atoms with Gasteiger partial charge in [-0.1, -0.05) is 18.2 Å². The highest BCUT2D eigenvalue weighted by Gasteiger charge is 2.26. The van der Waals surface area contributed by atoms with E-state index in [9.17, 15) is 23.6 Å². The first kappa shape index (κ1) is 23.4. The number of rotatable bonds is 5. The van der Waals surface area contributed by atoms with E-state index < -0.39 is 17.6 Å². The third-order valence-electron chi connectivity index (χ3n) is 6.25. The van der Waals surface area contributed by atoms with Gasteiger partial charge in [-0.15, -0.1) is 0 Å². The number of amides is 4. The van der Waals surface area contributed by atoms with Gasteiger partial charge in [0.25, 0.3) is 5.91 Å². The predicted molar refractivity (Wildman–Crippen MR) is 125 cm³/mol. The van der Waals surface area contributed by atoms with E-state index in [0.29, 0.717) is 56.8 Å². The number of carbonyl (C=O) groups excluding carboxylic acids is 4. The van der Waals surface area contributed by atoms with Crippen LogP contribution in [0.4, 0.5) is 15.8 Å². The largest absolute Gasteiger partial charge is 0.348 e. The second kappa shape index (κ2) is 10.5. The molecule has 2 aliphatic heterocycles. The maximum atomic E-state index is 13.9. The Morgan fingerprint density at radius 2 is 1.74 bits per heavy atom. The van der Waals surface area contributed by atoms with Crippen molar-refractivity contribution in [2.45, 2.75) is 25.7 Å². The first-order chi connectivity index (χ1) is 16.4. The van der Waals surface area contributed by atoms with Gasteiger partial charge in [0.2, 0.25) is 5.91 Å². The summed E-state index contributed by atoms with van der Waals surface area (Å²) in [4.78, 5) is 52.3. The van der Waals surface area contributed by atoms with Crippen molar-refractivity contribution >= 4 is 35.0 Å². The minimum Gasteiger partial charge on any atom is -0.348 e. The van der Waals surface area contributed by atoms with Crippen LogP contribution in [0.25, 0.3) is 0 Å². The lowest BCUT2D eigenvalue weighted by Crippen LogP contribution is -2.43. The van der Waals surface area contributed by atoms with Crippen LogP contribution in [0.3, 0.4) is 0 Å². The normalized spacial score (nSPS) is 16.4. The third-order valence-corrected chi connectivity index (χ3v) is 6.25. The van der Waals surface area contributed by atoms with Crippen LogP contribution in [0.15, 0.2) is 48.5 Å². The number of hydrogen-bond acceptors (Lipinski definition) is 4. The summed E-state index contributed by atoms with van der Waals surface area (Å²) in [6.07, 6.45) is 2.60. The molecule has 2 aromatic carbocycles. The van der Waals surface area contributed by atoms with Crippen molar-refractivity contribution in [2.24, 2.45) is 5.92 Å². The first-order valence-electron chi connectivity index (χ1n) is 11.5. The molecule has 0 spiro atoms. The standard InChI is InChI=1S/C25H27FN4O4/c26-21-8-2-1-7-20(21)25(34)29-13-10-17(11-14-29)16-27-23(32)24(33)28-18-5-3-6-19(15-18)30-12-4-9-22(30)31/h1-3,5-8,15,17H,4,9-14,16H2,(H,27,32)(H,28,33). The van der Waals surface area contributed by atoms with Crippen LogP contribution < -0.4 is 15.5 Å². The van der Waals surface area contributed by atoms with Crippen LogP contribution in [0.2, 0.25) is 0 Å². The van der Waals surface area contributed by atoms with E-state index in [1.165, 1.54) is 12.1 Å². The van der Waals surface area contributed by atoms with Crippen LogP contribution in [0.1, 0.15) is 36.0 Å². The van der Waals surface area contributed by atoms with Gasteiger partial charge in [0.15, 0.2) is 0 Å². The average molecular weight is 467 g/mol. The van der Waals surface area contributed by atoms with Crippen LogP contribution in [-0.2, 0) is 14.4 Å². The Morgan fingerprint density at radius 3 is 2.44 bits per heavy atom. The first-order valence-corrected chi connectivity index (χ1v) is 11.5. The van der Waals surface area contributed by atoms with Gasteiger partial charge in [0.05, 0.1) is 5.56 Å². The quantitative estimate of drug-likeness (QED) is 0.662. The lowest BCUT2D eigenvalue weighted by Gasteiger charge is -2.32. The van der Waals surface area contributed by atoms with Crippen LogP contribution in [0.5, 0.6) is 0 Å². The highest BCUT2D eigenvalue weighted by atomic mass is 19.1. The number of benzene rings is 2. The Hall–Kier alpha value is -3.75. The molecule has 4 amide bonds. The van der Waals surface area contributed by atoms with Crippen molar-refractivity contribution in [3.05, 3.63) is 59.9 Å². The summed E-state index contributed by atoms with van der Waals surface area (Å²) in [5, 5.41) is 5.23. The molecule has 2 fully saturated rings. The number of piperidine rings is 1. The molecule has 0 saturated carbocycles. The Morgan fingerprint density at radius 1 is 0.971 bits per heavy atom. The molecule has 0 aromatic heterocycles. The van der Waals surface area contributed by atoms with E-state index in [1.807, 2.05) is 0 Å². The predicted octanol–water partition coefficient (Wildman–Crippen LogP) is 2.56. The zero-order valence-electron chi connectivity index (χ0n) is 18.8. The maximum absolute atomic E-state index is 13.9. The number of anilines is 2. The van der Waals surface area contributed by atoms with Crippen LogP contribution in [0, 0.1) is 11.7 Å². The van der Waals surface area contributed by atoms with Crippen LogP contribution >= 0.6 is 0 Å². The van der Waals surface area contributed by atoms with Crippen molar-refractivity contribution in [1.29, 1.82) is 0 Å². The minimum atomic E-state index is -0.780.